The number of hydrogen-bond acceptors (Lipinski definition) is 4. The number of nitrogens with zero attached hydrogens (tertiary/aromatic N) is 4. The number of fused-ring (bicyclic) bond motifs is 2. The second-order valence-corrected chi connectivity index (χ2v) is 10.8. The maximum atomic E-state index is 11.9. The molecule has 5 aromatic rings. The van der Waals surface area contributed by atoms with Gasteiger partial charge in [-0.25, -0.2) is 9.78 Å². The van der Waals surface area contributed by atoms with Crippen molar-refractivity contribution in [2.45, 2.75) is 71.8 Å². The highest BCUT2D eigenvalue weighted by Crippen LogP contribution is 2.46. The van der Waals surface area contributed by atoms with E-state index in [1.807, 2.05) is 25.1 Å². The van der Waals surface area contributed by atoms with Gasteiger partial charge < -0.3 is 9.67 Å². The summed E-state index contributed by atoms with van der Waals surface area (Å²) in [5.74, 6) is -0.413. The minimum Gasteiger partial charge on any atom is -0.478 e. The number of aromatic carboxylic acids is 1. The first-order valence-corrected chi connectivity index (χ1v) is 14.1. The fourth-order valence-electron chi connectivity index (χ4n) is 6.46. The number of pyridine rings is 1. The fourth-order valence-corrected chi connectivity index (χ4v) is 6.46. The number of aryl methyl sites for hydroxylation is 3. The second-order valence-electron chi connectivity index (χ2n) is 10.8. The molecule has 3 aromatic heterocycles. The van der Waals surface area contributed by atoms with Crippen molar-refractivity contribution in [3.05, 3.63) is 77.2 Å². The van der Waals surface area contributed by atoms with Crippen LogP contribution in [0.2, 0.25) is 0 Å². The predicted molar refractivity (Wildman–Crippen MR) is 156 cm³/mol. The first-order chi connectivity index (χ1) is 19.0. The van der Waals surface area contributed by atoms with Crippen molar-refractivity contribution >= 4 is 27.8 Å². The summed E-state index contributed by atoms with van der Waals surface area (Å²) in [6.45, 7) is 7.16. The van der Waals surface area contributed by atoms with Crippen molar-refractivity contribution in [3.8, 4) is 22.6 Å². The van der Waals surface area contributed by atoms with E-state index in [1.165, 1.54) is 59.9 Å². The van der Waals surface area contributed by atoms with Gasteiger partial charge in [0.1, 0.15) is 5.69 Å². The van der Waals surface area contributed by atoms with Crippen LogP contribution in [0.5, 0.6) is 0 Å². The van der Waals surface area contributed by atoms with Gasteiger partial charge in [-0.3, -0.25) is 9.97 Å². The summed E-state index contributed by atoms with van der Waals surface area (Å²) in [5.41, 5.74) is 9.81. The smallest absolute Gasteiger partial charge is 0.335 e. The SMILES string of the molecule is CCCn1c(-c2ccc3nc(-c4nccnc4C)ccc3c2C)c(C2CCCCC2)c2ccc(C(=O)O)cc21. The highest BCUT2D eigenvalue weighted by atomic mass is 16.4. The molecule has 0 radical (unpaired) electrons. The van der Waals surface area contributed by atoms with Crippen molar-refractivity contribution in [2.75, 3.05) is 0 Å². The van der Waals surface area contributed by atoms with Gasteiger partial charge in [0.25, 0.3) is 0 Å². The molecule has 2 aromatic carbocycles. The summed E-state index contributed by atoms with van der Waals surface area (Å²) < 4.78 is 2.38. The van der Waals surface area contributed by atoms with E-state index in [0.29, 0.717) is 11.5 Å². The summed E-state index contributed by atoms with van der Waals surface area (Å²) in [5, 5.41) is 12.1. The summed E-state index contributed by atoms with van der Waals surface area (Å²) in [7, 11) is 0. The zero-order chi connectivity index (χ0) is 27.1. The highest BCUT2D eigenvalue weighted by molar-refractivity contribution is 6.00. The largest absolute Gasteiger partial charge is 0.478 e. The Hall–Kier alpha value is -4.06. The van der Waals surface area contributed by atoms with Gasteiger partial charge >= 0.3 is 5.97 Å². The topological polar surface area (TPSA) is 80.9 Å². The lowest BCUT2D eigenvalue weighted by atomic mass is 9.81. The maximum Gasteiger partial charge on any atom is 0.335 e. The first kappa shape index (κ1) is 25.2. The number of carbonyl (C=O) groups is 1. The third-order valence-electron chi connectivity index (χ3n) is 8.33. The van der Waals surface area contributed by atoms with E-state index in [2.05, 4.69) is 46.6 Å². The molecule has 0 atom stereocenters. The van der Waals surface area contributed by atoms with Crippen LogP contribution in [-0.4, -0.2) is 30.6 Å². The van der Waals surface area contributed by atoms with Gasteiger partial charge in [0.15, 0.2) is 0 Å². The van der Waals surface area contributed by atoms with Crippen LogP contribution >= 0.6 is 0 Å². The molecule has 0 amide bonds. The van der Waals surface area contributed by atoms with E-state index >= 15 is 0 Å². The molecule has 1 aliphatic rings. The van der Waals surface area contributed by atoms with Gasteiger partial charge in [0.05, 0.1) is 28.2 Å². The van der Waals surface area contributed by atoms with Gasteiger partial charge in [-0.2, -0.15) is 0 Å². The van der Waals surface area contributed by atoms with Crippen LogP contribution in [0.25, 0.3) is 44.5 Å². The number of aromatic nitrogens is 4. The van der Waals surface area contributed by atoms with Crippen LogP contribution in [0.3, 0.4) is 0 Å². The number of carboxylic acids is 1. The predicted octanol–water partition coefficient (Wildman–Crippen LogP) is 8.09. The average Bonchev–Trinajstić information content (AvgIpc) is 3.27. The van der Waals surface area contributed by atoms with E-state index in [9.17, 15) is 9.90 Å². The average molecular weight is 519 g/mol. The zero-order valence-electron chi connectivity index (χ0n) is 22.9. The third-order valence-corrected chi connectivity index (χ3v) is 8.33. The summed E-state index contributed by atoms with van der Waals surface area (Å²) in [4.78, 5) is 25.8. The summed E-state index contributed by atoms with van der Waals surface area (Å²) in [6, 6.07) is 14.2. The normalized spacial score (nSPS) is 14.3. The van der Waals surface area contributed by atoms with Crippen molar-refractivity contribution in [1.29, 1.82) is 0 Å². The van der Waals surface area contributed by atoms with Crippen LogP contribution < -0.4 is 0 Å². The van der Waals surface area contributed by atoms with Crippen LogP contribution in [0, 0.1) is 13.8 Å². The summed E-state index contributed by atoms with van der Waals surface area (Å²) in [6.07, 6.45) is 10.5. The number of carboxylic acid groups (broad SMARTS) is 1. The number of hydrogen-bond donors (Lipinski definition) is 1. The molecule has 0 bridgehead atoms. The molecule has 39 heavy (non-hydrogen) atoms. The molecule has 1 N–H and O–H groups in total. The number of benzene rings is 2. The monoisotopic (exact) mass is 518 g/mol. The number of rotatable bonds is 6. The van der Waals surface area contributed by atoms with Gasteiger partial charge in [-0.05, 0) is 74.4 Å². The van der Waals surface area contributed by atoms with Crippen LogP contribution in [0.1, 0.15) is 78.5 Å². The highest BCUT2D eigenvalue weighted by Gasteiger charge is 2.28. The Balaban J connectivity index is 1.59. The van der Waals surface area contributed by atoms with E-state index in [0.717, 1.165) is 46.5 Å². The van der Waals surface area contributed by atoms with E-state index < -0.39 is 5.97 Å². The Kier molecular flexibility index (Phi) is 6.63. The van der Waals surface area contributed by atoms with Crippen molar-refractivity contribution in [1.82, 2.24) is 19.5 Å². The van der Waals surface area contributed by atoms with E-state index in [4.69, 9.17) is 4.98 Å². The van der Waals surface area contributed by atoms with Gasteiger partial charge in [-0.15, -0.1) is 0 Å². The molecule has 198 valence electrons. The quantitative estimate of drug-likeness (QED) is 0.246. The summed E-state index contributed by atoms with van der Waals surface area (Å²) >= 11 is 0. The molecular formula is C33H34N4O2. The molecule has 1 saturated carbocycles. The Labute approximate surface area is 228 Å². The van der Waals surface area contributed by atoms with Gasteiger partial charge in [-0.1, -0.05) is 44.4 Å². The van der Waals surface area contributed by atoms with Crippen LogP contribution in [0.4, 0.5) is 0 Å². The molecule has 6 nitrogen and oxygen atoms in total. The van der Waals surface area contributed by atoms with Crippen LogP contribution in [-0.2, 0) is 6.54 Å². The van der Waals surface area contributed by atoms with E-state index in [1.54, 1.807) is 18.5 Å². The van der Waals surface area contributed by atoms with Gasteiger partial charge in [0, 0.05) is 40.8 Å². The lowest BCUT2D eigenvalue weighted by Gasteiger charge is -2.24. The first-order valence-electron chi connectivity index (χ1n) is 14.1. The lowest BCUT2D eigenvalue weighted by molar-refractivity contribution is 0.0697. The minimum atomic E-state index is -0.885. The molecule has 1 aliphatic carbocycles. The third kappa shape index (κ3) is 4.38. The Bertz CT molecular complexity index is 1710. The van der Waals surface area contributed by atoms with Crippen molar-refractivity contribution < 1.29 is 9.90 Å². The van der Waals surface area contributed by atoms with E-state index in [-0.39, 0.29) is 0 Å². The zero-order valence-corrected chi connectivity index (χ0v) is 22.9. The lowest BCUT2D eigenvalue weighted by Crippen LogP contribution is -2.08. The van der Waals surface area contributed by atoms with Gasteiger partial charge in [0.2, 0.25) is 0 Å². The second kappa shape index (κ2) is 10.3. The molecule has 6 heteroatoms. The molecule has 0 saturated heterocycles. The van der Waals surface area contributed by atoms with Crippen molar-refractivity contribution in [3.63, 3.8) is 0 Å². The minimum absolute atomic E-state index is 0.338. The van der Waals surface area contributed by atoms with Crippen molar-refractivity contribution in [2.24, 2.45) is 0 Å². The Morgan fingerprint density at radius 3 is 2.49 bits per heavy atom. The Morgan fingerprint density at radius 1 is 0.974 bits per heavy atom. The maximum absolute atomic E-state index is 11.9. The van der Waals surface area contributed by atoms with Crippen LogP contribution in [0.15, 0.2) is 54.9 Å². The molecule has 0 spiro atoms. The molecule has 1 fully saturated rings. The standard InChI is InChI=1S/C33H34N4O2/c1-4-18-37-29-19-23(33(38)39)10-11-26(29)30(22-8-6-5-7-9-22)32(37)25-13-14-27-24(20(25)2)12-15-28(36-27)31-21(3)34-16-17-35-31/h10-17,19,22H,4-9,18H2,1-3H3,(H,38,39). The molecule has 6 rings (SSSR count). The molecular weight excluding hydrogens is 484 g/mol. The fraction of sp³-hybridized carbons (Fsp3) is 0.333. The molecule has 0 aliphatic heterocycles. The Morgan fingerprint density at radius 2 is 1.74 bits per heavy atom. The molecule has 0 unspecified atom stereocenters. The molecule has 3 heterocycles.